The summed E-state index contributed by atoms with van der Waals surface area (Å²) in [4.78, 5) is 67.5. The molecule has 21 nitrogen and oxygen atoms in total. The Morgan fingerprint density at radius 3 is 1.99 bits per heavy atom. The lowest BCUT2D eigenvalue weighted by Crippen LogP contribution is -2.27. The molecule has 0 saturated carbocycles. The fraction of sp³-hybridized carbons (Fsp3) is 0.242. The quantitative estimate of drug-likeness (QED) is 0.00822. The number of azo groups is 2. The third kappa shape index (κ3) is 16.5. The number of ether oxygens (including phenoxy) is 2. The first kappa shape index (κ1) is 63.5. The summed E-state index contributed by atoms with van der Waals surface area (Å²) in [6, 6.07) is 42.0. The number of hydrogen-bond acceptors (Lipinski definition) is 17. The highest BCUT2D eigenvalue weighted by Gasteiger charge is 2.24. The Labute approximate surface area is 512 Å². The Balaban J connectivity index is 0.758. The molecular weight excluding hydrogens is 1140 g/mol. The number of fused-ring (bicyclic) bond motifs is 2. The number of nitriles is 1. The summed E-state index contributed by atoms with van der Waals surface area (Å²) in [7, 11) is 12.6. The summed E-state index contributed by atoms with van der Waals surface area (Å²) in [5.41, 5.74) is 7.71. The molecule has 88 heavy (non-hydrogen) atoms. The van der Waals surface area contributed by atoms with Crippen LogP contribution in [0.3, 0.4) is 0 Å². The van der Waals surface area contributed by atoms with E-state index in [0.29, 0.717) is 106 Å². The Morgan fingerprint density at radius 2 is 1.38 bits per heavy atom. The van der Waals surface area contributed by atoms with Gasteiger partial charge in [-0.1, -0.05) is 24.3 Å². The summed E-state index contributed by atoms with van der Waals surface area (Å²) in [5, 5.41) is 55.6. The number of nitro benzene ring substituents is 1. The number of hydrogen-bond donors (Lipinski definition) is 3. The van der Waals surface area contributed by atoms with Gasteiger partial charge in [0.1, 0.15) is 54.1 Å². The summed E-state index contributed by atoms with van der Waals surface area (Å²) in [5.74, 6) is 0.208. The van der Waals surface area contributed by atoms with Gasteiger partial charge in [0, 0.05) is 147 Å². The van der Waals surface area contributed by atoms with E-state index in [0.717, 1.165) is 32.8 Å². The van der Waals surface area contributed by atoms with Crippen molar-refractivity contribution in [1.29, 1.82) is 5.26 Å². The predicted octanol–water partition coefficient (Wildman–Crippen LogP) is 12.7. The van der Waals surface area contributed by atoms with E-state index in [2.05, 4.69) is 37.2 Å². The van der Waals surface area contributed by atoms with E-state index < -0.39 is 16.8 Å². The van der Waals surface area contributed by atoms with Crippen LogP contribution in [0, 0.1) is 21.4 Å². The second-order valence-electron chi connectivity index (χ2n) is 20.7. The molecule has 0 aromatic heterocycles. The maximum Gasteiger partial charge on any atom is 0.336 e. The normalized spacial score (nSPS) is 11.4. The van der Waals surface area contributed by atoms with Gasteiger partial charge in [0.2, 0.25) is 11.3 Å². The molecular formula is C66H66N11O10S+. The molecule has 8 rings (SSSR count). The van der Waals surface area contributed by atoms with E-state index in [1.54, 1.807) is 18.2 Å². The molecule has 0 unspecified atom stereocenters. The molecule has 0 spiro atoms. The van der Waals surface area contributed by atoms with Gasteiger partial charge in [-0.05, 0) is 102 Å². The van der Waals surface area contributed by atoms with E-state index in [-0.39, 0.29) is 47.9 Å². The number of allylic oxidation sites excluding steroid dienone is 1. The average Bonchev–Trinajstić information content (AvgIpc) is 3.32. The molecule has 6 aromatic carbocycles. The van der Waals surface area contributed by atoms with Gasteiger partial charge in [-0.2, -0.15) is 15.5 Å². The van der Waals surface area contributed by atoms with E-state index in [9.17, 15) is 39.7 Å². The van der Waals surface area contributed by atoms with Crippen LogP contribution in [-0.4, -0.2) is 108 Å². The Bertz CT molecular complexity index is 4060. The van der Waals surface area contributed by atoms with Crippen LogP contribution in [0.2, 0.25) is 0 Å². The van der Waals surface area contributed by atoms with Crippen LogP contribution in [0.5, 0.6) is 11.5 Å². The van der Waals surface area contributed by atoms with E-state index in [1.165, 1.54) is 68.5 Å². The van der Waals surface area contributed by atoms with Crippen molar-refractivity contribution >= 4 is 91.0 Å². The van der Waals surface area contributed by atoms with Crippen LogP contribution in [0.1, 0.15) is 57.5 Å². The number of rotatable bonds is 27. The van der Waals surface area contributed by atoms with Crippen LogP contribution in [0.4, 0.5) is 39.8 Å². The molecule has 0 atom stereocenters. The zero-order valence-corrected chi connectivity index (χ0v) is 50.6. The predicted molar refractivity (Wildman–Crippen MR) is 342 cm³/mol. The van der Waals surface area contributed by atoms with Crippen molar-refractivity contribution in [3.05, 3.63) is 183 Å². The number of ketones is 1. The summed E-state index contributed by atoms with van der Waals surface area (Å²) in [6.07, 6.45) is 3.21. The van der Waals surface area contributed by atoms with Gasteiger partial charge in [-0.15, -0.1) is 22.0 Å². The van der Waals surface area contributed by atoms with Crippen molar-refractivity contribution in [2.24, 2.45) is 20.5 Å². The SMILES string of the molecule is COc1cc(N=Nc2ccc([N+](=O)[O-])cc2)c(OC)cc1N=Nc1ccc(N(C)CCCC(=O)NCCSC(=CC#N)c2ccc(CC(=O)CCCNC(=O)c3ccc(C(=O)O)c(-c4c5ccc(=[N+](C)C)cc-5oc5cc(N(C)C)ccc45)c3)cc2)cc1. The Kier molecular flexibility index (Phi) is 21.7. The minimum atomic E-state index is -1.14. The highest BCUT2D eigenvalue weighted by Crippen LogP contribution is 2.44. The number of carbonyl (C=O) groups excluding carboxylic acids is 3. The number of carboxylic acids is 1. The van der Waals surface area contributed by atoms with Crippen molar-refractivity contribution in [3.63, 3.8) is 0 Å². The molecule has 2 amide bonds. The summed E-state index contributed by atoms with van der Waals surface area (Å²) in [6.45, 7) is 1.25. The second kappa shape index (κ2) is 30.0. The lowest BCUT2D eigenvalue weighted by atomic mass is 9.89. The molecule has 3 N–H and O–H groups in total. The van der Waals surface area contributed by atoms with Crippen LogP contribution in [-0.2, 0) is 16.0 Å². The van der Waals surface area contributed by atoms with Crippen molar-refractivity contribution in [3.8, 4) is 40.0 Å². The molecule has 0 fully saturated rings. The summed E-state index contributed by atoms with van der Waals surface area (Å²) < 4.78 is 19.4. The monoisotopic (exact) mass is 1200 g/mol. The lowest BCUT2D eigenvalue weighted by Gasteiger charge is -2.19. The third-order valence-corrected chi connectivity index (χ3v) is 15.3. The minimum absolute atomic E-state index is 0.00603. The standard InChI is InChI=1S/C66H65N11O10S/c1-74(2)49-25-28-53-58(38-49)87-59-39-50(75(3)4)26-29-54(59)64(53)55-37-44(16-27-52(55)66(81)82)65(80)69-32-8-10-51(78)36-42-12-14-43(15-13-42)62(30-31-67)88-35-33-68-63(79)11-9-34-76(5)47-21-17-45(18-22-47)70-72-56-40-61(86-7)57(41-60(56)85-6)73-71-46-19-23-48(24-20-46)77(83)84/h12-30,37-41H,8-11,32-36H2,1-7H3,(H2-,68,69,79,80,81,82)/p+1. The average molecular weight is 1210 g/mol. The number of Topliss-reactive ketones (excluding diaryl/α,β-unsaturated/α-hetero) is 1. The number of carbonyl (C=O) groups is 4. The Morgan fingerprint density at radius 1 is 0.727 bits per heavy atom. The molecule has 0 saturated heterocycles. The maximum absolute atomic E-state index is 13.6. The molecule has 2 aliphatic rings. The van der Waals surface area contributed by atoms with Crippen LogP contribution in [0.15, 0.2) is 170 Å². The van der Waals surface area contributed by atoms with Crippen molar-refractivity contribution in [2.45, 2.75) is 32.1 Å². The number of carboxylic acid groups (broad SMARTS) is 1. The van der Waals surface area contributed by atoms with Gasteiger partial charge in [-0.3, -0.25) is 24.5 Å². The molecule has 1 heterocycles. The first-order valence-corrected chi connectivity index (χ1v) is 29.0. The fourth-order valence-corrected chi connectivity index (χ4v) is 10.3. The third-order valence-electron chi connectivity index (χ3n) is 14.2. The largest absolute Gasteiger partial charge is 0.494 e. The van der Waals surface area contributed by atoms with Gasteiger partial charge >= 0.3 is 5.97 Å². The number of nitrogens with one attached hydrogen (secondary N) is 2. The van der Waals surface area contributed by atoms with Crippen molar-refractivity contribution in [2.75, 3.05) is 84.6 Å². The Hall–Kier alpha value is -10.5. The number of benzene rings is 7. The number of methoxy groups -OCH3 is 2. The smallest absolute Gasteiger partial charge is 0.336 e. The number of non-ortho nitro benzene ring substituents is 1. The van der Waals surface area contributed by atoms with Crippen molar-refractivity contribution in [1.82, 2.24) is 15.2 Å². The number of nitro groups is 1. The molecule has 22 heteroatoms. The molecule has 450 valence electrons. The molecule has 6 aromatic rings. The van der Waals surface area contributed by atoms with Crippen molar-refractivity contribution < 1.29 is 43.1 Å². The van der Waals surface area contributed by atoms with Crippen LogP contribution < -0.4 is 39.8 Å². The number of amides is 2. The first-order valence-electron chi connectivity index (χ1n) is 28.0. The van der Waals surface area contributed by atoms with Crippen LogP contribution >= 0.6 is 11.8 Å². The zero-order valence-electron chi connectivity index (χ0n) is 49.8. The van der Waals surface area contributed by atoms with Gasteiger partial charge in [0.15, 0.2) is 0 Å². The first-order chi connectivity index (χ1) is 42.4. The fourth-order valence-electron chi connectivity index (χ4n) is 9.46. The maximum atomic E-state index is 13.6. The molecule has 1 aliphatic heterocycles. The van der Waals surface area contributed by atoms with E-state index in [1.807, 2.05) is 135 Å². The second-order valence-corrected chi connectivity index (χ2v) is 21.8. The molecule has 1 aliphatic carbocycles. The van der Waals surface area contributed by atoms with Gasteiger partial charge in [0.25, 0.3) is 11.6 Å². The number of nitrogens with zero attached hydrogens (tertiary/aromatic N) is 9. The highest BCUT2D eigenvalue weighted by molar-refractivity contribution is 8.08. The topological polar surface area (TPSA) is 270 Å². The van der Waals surface area contributed by atoms with Gasteiger partial charge in [-0.25, -0.2) is 9.37 Å². The summed E-state index contributed by atoms with van der Waals surface area (Å²) >= 11 is 1.45. The zero-order chi connectivity index (χ0) is 62.9. The van der Waals surface area contributed by atoms with E-state index in [4.69, 9.17) is 13.9 Å². The van der Waals surface area contributed by atoms with Gasteiger partial charge in [0.05, 0.1) is 48.2 Å². The molecule has 0 bridgehead atoms. The molecule has 0 radical (unpaired) electrons. The highest BCUT2D eigenvalue weighted by atomic mass is 32.2. The van der Waals surface area contributed by atoms with Crippen LogP contribution in [0.25, 0.3) is 38.3 Å². The lowest BCUT2D eigenvalue weighted by molar-refractivity contribution is -0.384. The number of thioether (sulfide) groups is 1. The number of anilines is 2. The number of aromatic carboxylic acids is 1. The van der Waals surface area contributed by atoms with E-state index >= 15 is 0 Å². The van der Waals surface area contributed by atoms with Gasteiger partial charge < -0.3 is 39.4 Å². The minimum Gasteiger partial charge on any atom is -0.494 e.